The Morgan fingerprint density at radius 2 is 1.95 bits per heavy atom. The Bertz CT molecular complexity index is 630. The predicted octanol–water partition coefficient (Wildman–Crippen LogP) is 3.75. The van der Waals surface area contributed by atoms with E-state index in [2.05, 4.69) is 5.32 Å². The van der Waals surface area contributed by atoms with Crippen molar-refractivity contribution in [3.8, 4) is 0 Å². The molecule has 21 heavy (non-hydrogen) atoms. The fourth-order valence-corrected chi connectivity index (χ4v) is 2.96. The molecule has 1 N–H and O–H groups in total. The van der Waals surface area contributed by atoms with E-state index in [0.29, 0.717) is 17.7 Å². The van der Waals surface area contributed by atoms with Crippen LogP contribution in [0.25, 0.3) is 0 Å². The molecule has 4 heteroatoms. The molecule has 0 radical (unpaired) electrons. The Kier molecular flexibility index (Phi) is 5.51. The Balaban J connectivity index is 2.01. The molecule has 0 aliphatic carbocycles. The fourth-order valence-electron chi connectivity index (χ4n) is 2.31. The van der Waals surface area contributed by atoms with Gasteiger partial charge in [-0.05, 0) is 42.7 Å². The van der Waals surface area contributed by atoms with E-state index in [1.807, 2.05) is 43.3 Å². The predicted molar refractivity (Wildman–Crippen MR) is 87.4 cm³/mol. The van der Waals surface area contributed by atoms with Gasteiger partial charge in [0.1, 0.15) is 5.82 Å². The summed E-state index contributed by atoms with van der Waals surface area (Å²) >= 11 is 0. The number of hydrogen-bond donors (Lipinski definition) is 1. The van der Waals surface area contributed by atoms with Crippen molar-refractivity contribution < 1.29 is 8.60 Å². The van der Waals surface area contributed by atoms with E-state index in [4.69, 9.17) is 0 Å². The zero-order chi connectivity index (χ0) is 15.2. The van der Waals surface area contributed by atoms with Crippen molar-refractivity contribution in [2.24, 2.45) is 0 Å². The highest BCUT2D eigenvalue weighted by atomic mass is 32.2. The van der Waals surface area contributed by atoms with Crippen molar-refractivity contribution >= 4 is 16.5 Å². The van der Waals surface area contributed by atoms with Crippen LogP contribution in [0.1, 0.15) is 18.1 Å². The van der Waals surface area contributed by atoms with Crippen LogP contribution in [-0.4, -0.2) is 16.5 Å². The molecule has 112 valence electrons. The fraction of sp³-hybridized carbons (Fsp3) is 0.294. The molecule has 2 rings (SSSR count). The molecular formula is C17H20FNOS. The lowest BCUT2D eigenvalue weighted by Crippen LogP contribution is -2.18. The van der Waals surface area contributed by atoms with Crippen LogP contribution in [0.15, 0.2) is 48.5 Å². The van der Waals surface area contributed by atoms with Crippen molar-refractivity contribution in [3.63, 3.8) is 0 Å². The summed E-state index contributed by atoms with van der Waals surface area (Å²) in [7, 11) is -0.849. The first-order chi connectivity index (χ1) is 10.0. The standard InChI is InChI=1S/C17H20FNOS/c1-13(10-15-7-3-4-9-17(15)18)19-16-8-5-6-14(11-16)12-21(2)20/h3-9,11,13,19H,10,12H2,1-2H3/t13-,21+/m1/s1. The first kappa shape index (κ1) is 15.7. The maximum absolute atomic E-state index is 13.6. The Hall–Kier alpha value is -1.68. The van der Waals surface area contributed by atoms with Gasteiger partial charge in [0.15, 0.2) is 0 Å². The van der Waals surface area contributed by atoms with Crippen LogP contribution in [0.3, 0.4) is 0 Å². The summed E-state index contributed by atoms with van der Waals surface area (Å²) in [5.74, 6) is 0.387. The van der Waals surface area contributed by atoms with Crippen LogP contribution in [0.5, 0.6) is 0 Å². The van der Waals surface area contributed by atoms with Crippen LogP contribution in [0, 0.1) is 5.82 Å². The third-order valence-corrected chi connectivity index (χ3v) is 3.93. The van der Waals surface area contributed by atoms with Gasteiger partial charge < -0.3 is 5.32 Å². The topological polar surface area (TPSA) is 29.1 Å². The molecular weight excluding hydrogens is 285 g/mol. The summed E-state index contributed by atoms with van der Waals surface area (Å²) in [5.41, 5.74) is 2.73. The summed E-state index contributed by atoms with van der Waals surface area (Å²) in [4.78, 5) is 0. The minimum Gasteiger partial charge on any atom is -0.382 e. The van der Waals surface area contributed by atoms with Gasteiger partial charge in [0.25, 0.3) is 0 Å². The van der Waals surface area contributed by atoms with Crippen molar-refractivity contribution in [1.82, 2.24) is 0 Å². The van der Waals surface area contributed by atoms with Gasteiger partial charge in [-0.15, -0.1) is 0 Å². The molecule has 2 atom stereocenters. The first-order valence-electron chi connectivity index (χ1n) is 6.93. The summed E-state index contributed by atoms with van der Waals surface area (Å²) in [5, 5.41) is 3.37. The minimum absolute atomic E-state index is 0.115. The molecule has 2 nitrogen and oxygen atoms in total. The molecule has 0 saturated heterocycles. The Labute approximate surface area is 127 Å². The highest BCUT2D eigenvalue weighted by molar-refractivity contribution is 7.83. The van der Waals surface area contributed by atoms with Gasteiger partial charge >= 0.3 is 0 Å². The van der Waals surface area contributed by atoms with E-state index in [1.165, 1.54) is 6.07 Å². The minimum atomic E-state index is -0.849. The monoisotopic (exact) mass is 305 g/mol. The lowest BCUT2D eigenvalue weighted by molar-refractivity contribution is 0.601. The molecule has 0 aliphatic heterocycles. The summed E-state index contributed by atoms with van der Waals surface area (Å²) < 4.78 is 24.9. The van der Waals surface area contributed by atoms with Crippen LogP contribution >= 0.6 is 0 Å². The quantitative estimate of drug-likeness (QED) is 0.880. The molecule has 0 unspecified atom stereocenters. The van der Waals surface area contributed by atoms with Crippen molar-refractivity contribution in [2.75, 3.05) is 11.6 Å². The second-order valence-corrected chi connectivity index (χ2v) is 6.69. The van der Waals surface area contributed by atoms with E-state index < -0.39 is 10.8 Å². The second-order valence-electron chi connectivity index (χ2n) is 5.26. The molecule has 2 aromatic rings. The molecule has 2 aromatic carbocycles. The van der Waals surface area contributed by atoms with Gasteiger partial charge in [-0.1, -0.05) is 30.3 Å². The van der Waals surface area contributed by atoms with Gasteiger partial charge in [-0.25, -0.2) is 4.39 Å². The summed E-state index contributed by atoms with van der Waals surface area (Å²) in [6.45, 7) is 2.02. The lowest BCUT2D eigenvalue weighted by atomic mass is 10.1. The molecule has 0 aromatic heterocycles. The van der Waals surface area contributed by atoms with E-state index in [0.717, 1.165) is 11.3 Å². The smallest absolute Gasteiger partial charge is 0.126 e. The zero-order valence-corrected chi connectivity index (χ0v) is 13.1. The van der Waals surface area contributed by atoms with Gasteiger partial charge in [-0.2, -0.15) is 0 Å². The summed E-state index contributed by atoms with van der Waals surface area (Å²) in [6, 6.07) is 14.8. The largest absolute Gasteiger partial charge is 0.382 e. The number of halogens is 1. The highest BCUT2D eigenvalue weighted by Crippen LogP contribution is 2.16. The average Bonchev–Trinajstić information content (AvgIpc) is 2.41. The number of anilines is 1. The molecule has 0 spiro atoms. The Morgan fingerprint density at radius 3 is 2.67 bits per heavy atom. The lowest BCUT2D eigenvalue weighted by Gasteiger charge is -2.16. The number of rotatable bonds is 6. The number of nitrogens with one attached hydrogen (secondary N) is 1. The molecule has 0 heterocycles. The Morgan fingerprint density at radius 1 is 1.19 bits per heavy atom. The van der Waals surface area contributed by atoms with E-state index >= 15 is 0 Å². The average molecular weight is 305 g/mol. The van der Waals surface area contributed by atoms with Gasteiger partial charge in [0.2, 0.25) is 0 Å². The van der Waals surface area contributed by atoms with E-state index in [9.17, 15) is 8.60 Å². The molecule has 0 saturated carbocycles. The van der Waals surface area contributed by atoms with E-state index in [1.54, 1.807) is 12.3 Å². The van der Waals surface area contributed by atoms with E-state index in [-0.39, 0.29) is 11.9 Å². The maximum atomic E-state index is 13.6. The van der Waals surface area contributed by atoms with Crippen LogP contribution in [-0.2, 0) is 23.0 Å². The third-order valence-electron chi connectivity index (χ3n) is 3.19. The molecule has 0 amide bonds. The van der Waals surface area contributed by atoms with Crippen LogP contribution < -0.4 is 5.32 Å². The molecule has 0 bridgehead atoms. The maximum Gasteiger partial charge on any atom is 0.126 e. The third kappa shape index (κ3) is 4.97. The SMILES string of the molecule is C[C@H](Cc1ccccc1F)Nc1cccc(C[S@](C)=O)c1. The zero-order valence-electron chi connectivity index (χ0n) is 12.3. The van der Waals surface area contributed by atoms with Crippen LogP contribution in [0.2, 0.25) is 0 Å². The van der Waals surface area contributed by atoms with Gasteiger partial charge in [-0.3, -0.25) is 4.21 Å². The molecule has 0 fully saturated rings. The van der Waals surface area contributed by atoms with Crippen molar-refractivity contribution in [1.29, 1.82) is 0 Å². The van der Waals surface area contributed by atoms with Crippen LogP contribution in [0.4, 0.5) is 10.1 Å². The number of benzene rings is 2. The van der Waals surface area contributed by atoms with Crippen molar-refractivity contribution in [3.05, 3.63) is 65.5 Å². The van der Waals surface area contributed by atoms with Gasteiger partial charge in [0.05, 0.1) is 0 Å². The van der Waals surface area contributed by atoms with Gasteiger partial charge in [0, 0.05) is 34.5 Å². The highest BCUT2D eigenvalue weighted by Gasteiger charge is 2.08. The normalized spacial score (nSPS) is 13.7. The summed E-state index contributed by atoms with van der Waals surface area (Å²) in [6.07, 6.45) is 2.32. The number of hydrogen-bond acceptors (Lipinski definition) is 2. The molecule has 0 aliphatic rings. The second kappa shape index (κ2) is 7.36. The first-order valence-corrected chi connectivity index (χ1v) is 8.66. The van der Waals surface area contributed by atoms with Crippen molar-refractivity contribution in [2.45, 2.75) is 25.1 Å².